The van der Waals surface area contributed by atoms with Crippen LogP contribution in [0.3, 0.4) is 0 Å². The molecule has 0 saturated carbocycles. The van der Waals surface area contributed by atoms with Crippen LogP contribution in [0.5, 0.6) is 5.75 Å². The molecular formula is C15H25NO2. The highest BCUT2D eigenvalue weighted by Gasteiger charge is 2.22. The number of hydrogen-bond acceptors (Lipinski definition) is 3. The van der Waals surface area contributed by atoms with Crippen LogP contribution < -0.4 is 10.1 Å². The number of rotatable bonds is 6. The zero-order valence-corrected chi connectivity index (χ0v) is 12.3. The van der Waals surface area contributed by atoms with Gasteiger partial charge in [0.15, 0.2) is 0 Å². The molecular weight excluding hydrogens is 226 g/mol. The van der Waals surface area contributed by atoms with E-state index in [1.165, 1.54) is 11.1 Å². The summed E-state index contributed by atoms with van der Waals surface area (Å²) in [7, 11) is 5.45. The highest BCUT2D eigenvalue weighted by Crippen LogP contribution is 2.29. The van der Waals surface area contributed by atoms with Crippen LogP contribution in [0.15, 0.2) is 12.1 Å². The molecule has 0 spiro atoms. The third-order valence-corrected chi connectivity index (χ3v) is 3.51. The fourth-order valence-electron chi connectivity index (χ4n) is 2.45. The fraction of sp³-hybridized carbons (Fsp3) is 0.600. The van der Waals surface area contributed by atoms with Crippen LogP contribution in [-0.4, -0.2) is 27.4 Å². The predicted molar refractivity (Wildman–Crippen MR) is 75.4 cm³/mol. The van der Waals surface area contributed by atoms with Gasteiger partial charge in [0, 0.05) is 7.11 Å². The number of aryl methyl sites for hydroxylation is 2. The Morgan fingerprint density at radius 3 is 2.28 bits per heavy atom. The Morgan fingerprint density at radius 1 is 1.17 bits per heavy atom. The average Bonchev–Trinajstić information content (AvgIpc) is 2.38. The van der Waals surface area contributed by atoms with Crippen LogP contribution in [-0.2, 0) is 4.74 Å². The summed E-state index contributed by atoms with van der Waals surface area (Å²) in [5, 5.41) is 3.36. The van der Waals surface area contributed by atoms with Crippen molar-refractivity contribution in [2.75, 3.05) is 21.3 Å². The summed E-state index contributed by atoms with van der Waals surface area (Å²) >= 11 is 0. The van der Waals surface area contributed by atoms with Gasteiger partial charge in [0.05, 0.1) is 19.3 Å². The Balaban J connectivity index is 3.17. The number of likely N-dealkylation sites (N-methyl/N-ethyl adjacent to an activating group) is 1. The molecule has 1 aromatic carbocycles. The molecule has 0 radical (unpaired) electrons. The Labute approximate surface area is 110 Å². The predicted octanol–water partition coefficient (Wildman–Crippen LogP) is 3.00. The first-order valence-corrected chi connectivity index (χ1v) is 6.44. The van der Waals surface area contributed by atoms with Crippen molar-refractivity contribution in [3.63, 3.8) is 0 Å². The van der Waals surface area contributed by atoms with Gasteiger partial charge in [-0.3, -0.25) is 0 Å². The molecule has 3 heteroatoms. The van der Waals surface area contributed by atoms with Crippen molar-refractivity contribution < 1.29 is 9.47 Å². The highest BCUT2D eigenvalue weighted by molar-refractivity contribution is 5.43. The van der Waals surface area contributed by atoms with Gasteiger partial charge in [0.25, 0.3) is 0 Å². The van der Waals surface area contributed by atoms with E-state index in [1.54, 1.807) is 14.2 Å². The minimum absolute atomic E-state index is 0.182. The molecule has 0 aliphatic carbocycles. The van der Waals surface area contributed by atoms with E-state index in [1.807, 2.05) is 7.05 Å². The van der Waals surface area contributed by atoms with E-state index in [0.717, 1.165) is 17.7 Å². The number of hydrogen-bond donors (Lipinski definition) is 1. The van der Waals surface area contributed by atoms with E-state index in [2.05, 4.69) is 38.2 Å². The minimum Gasteiger partial charge on any atom is -0.496 e. The molecule has 1 N–H and O–H groups in total. The maximum Gasteiger partial charge on any atom is 0.122 e. The lowest BCUT2D eigenvalue weighted by Crippen LogP contribution is -2.31. The van der Waals surface area contributed by atoms with Crippen molar-refractivity contribution >= 4 is 0 Å². The van der Waals surface area contributed by atoms with Gasteiger partial charge >= 0.3 is 0 Å². The van der Waals surface area contributed by atoms with E-state index >= 15 is 0 Å². The Hall–Kier alpha value is -1.06. The van der Waals surface area contributed by atoms with Gasteiger partial charge in [-0.25, -0.2) is 0 Å². The normalized spacial score (nSPS) is 14.3. The summed E-state index contributed by atoms with van der Waals surface area (Å²) in [5.41, 5.74) is 3.67. The number of methoxy groups -OCH3 is 2. The second-order valence-corrected chi connectivity index (χ2v) is 4.63. The van der Waals surface area contributed by atoms with E-state index < -0.39 is 0 Å². The lowest BCUT2D eigenvalue weighted by Gasteiger charge is -2.27. The molecule has 1 aromatic rings. The molecule has 3 nitrogen and oxygen atoms in total. The maximum atomic E-state index is 5.56. The molecule has 102 valence electrons. The zero-order valence-electron chi connectivity index (χ0n) is 12.3. The minimum atomic E-state index is 0.182. The van der Waals surface area contributed by atoms with Crippen LogP contribution in [0.25, 0.3) is 0 Å². The molecule has 0 heterocycles. The van der Waals surface area contributed by atoms with Crippen molar-refractivity contribution in [3.8, 4) is 5.75 Å². The molecule has 0 amide bonds. The molecule has 2 unspecified atom stereocenters. The van der Waals surface area contributed by atoms with Gasteiger partial charge in [-0.15, -0.1) is 0 Å². The number of benzene rings is 1. The second kappa shape index (κ2) is 6.76. The Kier molecular flexibility index (Phi) is 5.63. The summed E-state index contributed by atoms with van der Waals surface area (Å²) in [4.78, 5) is 0. The van der Waals surface area contributed by atoms with Crippen molar-refractivity contribution in [2.24, 2.45) is 0 Å². The first-order valence-electron chi connectivity index (χ1n) is 6.44. The summed E-state index contributed by atoms with van der Waals surface area (Å²) in [6, 6.07) is 4.50. The monoisotopic (exact) mass is 251 g/mol. The molecule has 0 bridgehead atoms. The van der Waals surface area contributed by atoms with Gasteiger partial charge < -0.3 is 14.8 Å². The van der Waals surface area contributed by atoms with Gasteiger partial charge in [-0.2, -0.15) is 0 Å². The van der Waals surface area contributed by atoms with Crippen LogP contribution in [0.2, 0.25) is 0 Å². The van der Waals surface area contributed by atoms with Crippen LogP contribution in [0, 0.1) is 13.8 Å². The maximum absolute atomic E-state index is 5.56. The van der Waals surface area contributed by atoms with Crippen LogP contribution in [0.1, 0.15) is 36.1 Å². The SMILES string of the molecule is CCC(OC)C(NC)c1cc(C)c(OC)cc1C. The molecule has 0 aromatic heterocycles. The van der Waals surface area contributed by atoms with E-state index in [0.29, 0.717) is 0 Å². The molecule has 1 rings (SSSR count). The standard InChI is InChI=1S/C15H25NO2/c1-7-13(17-5)15(16-4)12-8-11(3)14(18-6)9-10(12)2/h8-9,13,15-16H,7H2,1-6H3. The van der Waals surface area contributed by atoms with E-state index in [-0.39, 0.29) is 12.1 Å². The van der Waals surface area contributed by atoms with Crippen molar-refractivity contribution in [3.05, 3.63) is 28.8 Å². The average molecular weight is 251 g/mol. The van der Waals surface area contributed by atoms with Gasteiger partial charge in [0.1, 0.15) is 5.75 Å². The molecule has 0 fully saturated rings. The van der Waals surface area contributed by atoms with E-state index in [9.17, 15) is 0 Å². The van der Waals surface area contributed by atoms with Crippen molar-refractivity contribution in [2.45, 2.75) is 39.3 Å². The first kappa shape index (κ1) is 15.0. The van der Waals surface area contributed by atoms with Crippen molar-refractivity contribution in [1.82, 2.24) is 5.32 Å². The zero-order chi connectivity index (χ0) is 13.7. The quantitative estimate of drug-likeness (QED) is 0.843. The lowest BCUT2D eigenvalue weighted by molar-refractivity contribution is 0.0673. The van der Waals surface area contributed by atoms with Crippen molar-refractivity contribution in [1.29, 1.82) is 0 Å². The Bertz CT molecular complexity index is 386. The molecule has 0 aliphatic heterocycles. The number of nitrogens with one attached hydrogen (secondary N) is 1. The Morgan fingerprint density at radius 2 is 1.83 bits per heavy atom. The van der Waals surface area contributed by atoms with E-state index in [4.69, 9.17) is 9.47 Å². The smallest absolute Gasteiger partial charge is 0.122 e. The van der Waals surface area contributed by atoms with Gasteiger partial charge in [0.2, 0.25) is 0 Å². The lowest BCUT2D eigenvalue weighted by atomic mass is 9.93. The summed E-state index contributed by atoms with van der Waals surface area (Å²) in [5.74, 6) is 0.941. The molecule has 2 atom stereocenters. The van der Waals surface area contributed by atoms with Crippen LogP contribution >= 0.6 is 0 Å². The van der Waals surface area contributed by atoms with Gasteiger partial charge in [-0.1, -0.05) is 13.0 Å². The number of ether oxygens (including phenoxy) is 2. The first-order chi connectivity index (χ1) is 8.58. The third-order valence-electron chi connectivity index (χ3n) is 3.51. The largest absolute Gasteiger partial charge is 0.496 e. The topological polar surface area (TPSA) is 30.5 Å². The fourth-order valence-corrected chi connectivity index (χ4v) is 2.45. The third kappa shape index (κ3) is 3.03. The van der Waals surface area contributed by atoms with Gasteiger partial charge in [-0.05, 0) is 50.1 Å². The summed E-state index contributed by atoms with van der Waals surface area (Å²) in [6.07, 6.45) is 1.16. The summed E-state index contributed by atoms with van der Waals surface area (Å²) < 4.78 is 10.9. The summed E-state index contributed by atoms with van der Waals surface area (Å²) in [6.45, 7) is 6.33. The second-order valence-electron chi connectivity index (χ2n) is 4.63. The van der Waals surface area contributed by atoms with Crippen LogP contribution in [0.4, 0.5) is 0 Å². The molecule has 18 heavy (non-hydrogen) atoms. The molecule has 0 aliphatic rings. The molecule has 0 saturated heterocycles. The highest BCUT2D eigenvalue weighted by atomic mass is 16.5.